The fraction of sp³-hybridized carbons (Fsp3) is 0.250. The van der Waals surface area contributed by atoms with Crippen LogP contribution in [-0.4, -0.2) is 7.85 Å². The van der Waals surface area contributed by atoms with Crippen molar-refractivity contribution in [1.29, 1.82) is 0 Å². The van der Waals surface area contributed by atoms with E-state index in [4.69, 9.17) is 7.85 Å². The third-order valence-corrected chi connectivity index (χ3v) is 1.39. The van der Waals surface area contributed by atoms with Gasteiger partial charge in [-0.15, -0.1) is 0 Å². The first kappa shape index (κ1) is 6.41. The van der Waals surface area contributed by atoms with Gasteiger partial charge in [-0.2, -0.15) is 0 Å². The number of rotatable bonds is 1. The van der Waals surface area contributed by atoms with Crippen LogP contribution in [0.15, 0.2) is 24.3 Å². The van der Waals surface area contributed by atoms with Crippen LogP contribution >= 0.6 is 0 Å². The van der Waals surface area contributed by atoms with Crippen molar-refractivity contribution >= 4 is 13.3 Å². The van der Waals surface area contributed by atoms with Crippen LogP contribution in [0.3, 0.4) is 0 Å². The maximum atomic E-state index is 5.48. The standard InChI is InChI=1S/C8H9B/c1-2-7-3-5-8(9)6-4-7/h3-6H,2H2,1H3. The lowest BCUT2D eigenvalue weighted by Gasteiger charge is -1.94. The monoisotopic (exact) mass is 116 g/mol. The van der Waals surface area contributed by atoms with Gasteiger partial charge in [0.2, 0.25) is 0 Å². The van der Waals surface area contributed by atoms with E-state index in [1.165, 1.54) is 5.56 Å². The van der Waals surface area contributed by atoms with Gasteiger partial charge in [0.05, 0.1) is 0 Å². The summed E-state index contributed by atoms with van der Waals surface area (Å²) in [6, 6.07) is 7.96. The van der Waals surface area contributed by atoms with Gasteiger partial charge < -0.3 is 0 Å². The van der Waals surface area contributed by atoms with E-state index >= 15 is 0 Å². The van der Waals surface area contributed by atoms with Crippen molar-refractivity contribution in [2.45, 2.75) is 13.3 Å². The zero-order valence-electron chi connectivity index (χ0n) is 5.59. The van der Waals surface area contributed by atoms with Crippen LogP contribution in [-0.2, 0) is 6.42 Å². The summed E-state index contributed by atoms with van der Waals surface area (Å²) in [6.07, 6.45) is 1.08. The topological polar surface area (TPSA) is 0 Å². The Balaban J connectivity index is 2.88. The predicted molar refractivity (Wildman–Crippen MR) is 41.2 cm³/mol. The fourth-order valence-corrected chi connectivity index (χ4v) is 0.753. The smallest absolute Gasteiger partial charge is 0.0967 e. The van der Waals surface area contributed by atoms with E-state index < -0.39 is 0 Å². The molecule has 0 saturated heterocycles. The Hall–Kier alpha value is -0.715. The van der Waals surface area contributed by atoms with Crippen molar-refractivity contribution in [3.63, 3.8) is 0 Å². The molecular formula is C8H9B. The Morgan fingerprint density at radius 3 is 2.22 bits per heavy atom. The van der Waals surface area contributed by atoms with E-state index in [9.17, 15) is 0 Å². The zero-order chi connectivity index (χ0) is 6.69. The molecule has 0 fully saturated rings. The highest BCUT2D eigenvalue weighted by molar-refractivity contribution is 6.32. The van der Waals surface area contributed by atoms with Gasteiger partial charge in [0.1, 0.15) is 7.85 Å². The molecule has 1 aromatic rings. The fourth-order valence-electron chi connectivity index (χ4n) is 0.753. The van der Waals surface area contributed by atoms with Crippen LogP contribution in [0, 0.1) is 0 Å². The second-order valence-corrected chi connectivity index (χ2v) is 2.10. The second kappa shape index (κ2) is 2.72. The molecule has 0 bridgehead atoms. The molecule has 1 heteroatoms. The minimum atomic E-state index is 0.840. The molecule has 0 unspecified atom stereocenters. The summed E-state index contributed by atoms with van der Waals surface area (Å²) in [5.41, 5.74) is 2.18. The number of hydrogen-bond donors (Lipinski definition) is 0. The third-order valence-electron chi connectivity index (χ3n) is 1.39. The first-order valence-corrected chi connectivity index (χ1v) is 3.17. The molecule has 0 nitrogen and oxygen atoms in total. The van der Waals surface area contributed by atoms with E-state index in [0.29, 0.717) is 0 Å². The summed E-state index contributed by atoms with van der Waals surface area (Å²) in [6.45, 7) is 2.13. The van der Waals surface area contributed by atoms with Crippen LogP contribution in [0.1, 0.15) is 12.5 Å². The first-order valence-electron chi connectivity index (χ1n) is 3.17. The van der Waals surface area contributed by atoms with Crippen molar-refractivity contribution in [3.05, 3.63) is 29.8 Å². The largest absolute Gasteiger partial charge is 0.113 e. The molecule has 1 aromatic carbocycles. The molecular weight excluding hydrogens is 107 g/mol. The molecule has 0 saturated carbocycles. The van der Waals surface area contributed by atoms with Gasteiger partial charge in [0.25, 0.3) is 0 Å². The van der Waals surface area contributed by atoms with Crippen LogP contribution < -0.4 is 5.46 Å². The number of hydrogen-bond acceptors (Lipinski definition) is 0. The molecule has 2 radical (unpaired) electrons. The molecule has 9 heavy (non-hydrogen) atoms. The van der Waals surface area contributed by atoms with Gasteiger partial charge in [0.15, 0.2) is 0 Å². The third kappa shape index (κ3) is 1.60. The summed E-state index contributed by atoms with van der Waals surface area (Å²) in [5, 5.41) is 0. The molecule has 0 aliphatic heterocycles. The average molecular weight is 116 g/mol. The molecule has 0 atom stereocenters. The maximum Gasteiger partial charge on any atom is 0.113 e. The molecule has 0 N–H and O–H groups in total. The summed E-state index contributed by atoms with van der Waals surface area (Å²) in [5.74, 6) is 0. The number of benzene rings is 1. The van der Waals surface area contributed by atoms with E-state index in [1.807, 2.05) is 12.1 Å². The highest BCUT2D eigenvalue weighted by atomic mass is 13.9. The van der Waals surface area contributed by atoms with E-state index in [-0.39, 0.29) is 0 Å². The lowest BCUT2D eigenvalue weighted by atomic mass is 9.95. The van der Waals surface area contributed by atoms with Crippen LogP contribution in [0.2, 0.25) is 0 Å². The molecule has 0 amide bonds. The molecule has 0 heterocycles. The molecule has 0 aromatic heterocycles. The quantitative estimate of drug-likeness (QED) is 0.481. The molecule has 1 rings (SSSR count). The normalized spacial score (nSPS) is 9.44. The molecule has 44 valence electrons. The highest BCUT2D eigenvalue weighted by Crippen LogP contribution is 1.95. The Morgan fingerprint density at radius 1 is 1.22 bits per heavy atom. The van der Waals surface area contributed by atoms with E-state index in [1.54, 1.807) is 0 Å². The lowest BCUT2D eigenvalue weighted by molar-refractivity contribution is 1.14. The highest BCUT2D eigenvalue weighted by Gasteiger charge is 1.84. The van der Waals surface area contributed by atoms with Crippen molar-refractivity contribution in [3.8, 4) is 0 Å². The van der Waals surface area contributed by atoms with Gasteiger partial charge in [-0.1, -0.05) is 36.7 Å². The second-order valence-electron chi connectivity index (χ2n) is 2.10. The van der Waals surface area contributed by atoms with E-state index in [2.05, 4.69) is 19.1 Å². The predicted octanol–water partition coefficient (Wildman–Crippen LogP) is 1.04. The van der Waals surface area contributed by atoms with Gasteiger partial charge in [-0.25, -0.2) is 0 Å². The van der Waals surface area contributed by atoms with Crippen LogP contribution in [0.25, 0.3) is 0 Å². The van der Waals surface area contributed by atoms with Gasteiger partial charge >= 0.3 is 0 Å². The first-order chi connectivity index (χ1) is 4.33. The summed E-state index contributed by atoms with van der Waals surface area (Å²) >= 11 is 0. The van der Waals surface area contributed by atoms with Crippen molar-refractivity contribution < 1.29 is 0 Å². The average Bonchev–Trinajstić information content (AvgIpc) is 1.90. The molecule has 0 spiro atoms. The van der Waals surface area contributed by atoms with Gasteiger partial charge in [-0.3, -0.25) is 0 Å². The maximum absolute atomic E-state index is 5.48. The zero-order valence-corrected chi connectivity index (χ0v) is 5.59. The summed E-state index contributed by atoms with van der Waals surface area (Å²) in [4.78, 5) is 0. The molecule has 0 aliphatic carbocycles. The van der Waals surface area contributed by atoms with Crippen molar-refractivity contribution in [1.82, 2.24) is 0 Å². The van der Waals surface area contributed by atoms with Gasteiger partial charge in [-0.05, 0) is 12.0 Å². The SMILES string of the molecule is [B]c1ccc(CC)cc1. The minimum absolute atomic E-state index is 0.840. The minimum Gasteiger partial charge on any atom is -0.0967 e. The van der Waals surface area contributed by atoms with Gasteiger partial charge in [0, 0.05) is 0 Å². The Labute approximate surface area is 57.3 Å². The van der Waals surface area contributed by atoms with Crippen molar-refractivity contribution in [2.75, 3.05) is 0 Å². The Bertz CT molecular complexity index is 176. The van der Waals surface area contributed by atoms with Crippen molar-refractivity contribution in [2.24, 2.45) is 0 Å². The van der Waals surface area contributed by atoms with Crippen LogP contribution in [0.5, 0.6) is 0 Å². The van der Waals surface area contributed by atoms with Crippen LogP contribution in [0.4, 0.5) is 0 Å². The molecule has 0 aliphatic rings. The Morgan fingerprint density at radius 2 is 1.78 bits per heavy atom. The lowest BCUT2D eigenvalue weighted by Crippen LogP contribution is -1.99. The summed E-state index contributed by atoms with van der Waals surface area (Å²) < 4.78 is 0. The van der Waals surface area contributed by atoms with E-state index in [0.717, 1.165) is 11.9 Å². The Kier molecular flexibility index (Phi) is 1.94. The summed E-state index contributed by atoms with van der Waals surface area (Å²) in [7, 11) is 5.48. The number of aryl methyl sites for hydroxylation is 1.